The third-order valence-electron chi connectivity index (χ3n) is 4.55. The van der Waals surface area contributed by atoms with Gasteiger partial charge in [0.05, 0.1) is 13.2 Å². The van der Waals surface area contributed by atoms with Crippen LogP contribution in [0.15, 0.2) is 24.3 Å². The number of aryl methyl sites for hydroxylation is 1. The number of methoxy groups -OCH3 is 1. The summed E-state index contributed by atoms with van der Waals surface area (Å²) in [5, 5.41) is 0. The van der Waals surface area contributed by atoms with Crippen LogP contribution in [0.3, 0.4) is 0 Å². The van der Waals surface area contributed by atoms with E-state index >= 15 is 0 Å². The number of nitrogens with zero attached hydrogens (tertiary/aromatic N) is 1. The zero-order valence-electron chi connectivity index (χ0n) is 13.3. The fourth-order valence-electron chi connectivity index (χ4n) is 2.85. The molecule has 1 aliphatic heterocycles. The lowest BCUT2D eigenvalue weighted by molar-refractivity contribution is -0.130. The maximum Gasteiger partial charge on any atom is 0.222 e. The molecule has 4 heteroatoms. The van der Waals surface area contributed by atoms with E-state index in [2.05, 4.69) is 0 Å². The molecule has 1 atom stereocenters. The van der Waals surface area contributed by atoms with Gasteiger partial charge in [0.1, 0.15) is 5.75 Å². The van der Waals surface area contributed by atoms with Crippen molar-refractivity contribution in [1.29, 1.82) is 0 Å². The zero-order valence-corrected chi connectivity index (χ0v) is 13.3. The Morgan fingerprint density at radius 1 is 1.23 bits per heavy atom. The minimum absolute atomic E-state index is 0.244. The summed E-state index contributed by atoms with van der Waals surface area (Å²) < 4.78 is 11.0. The number of amides is 1. The highest BCUT2D eigenvalue weighted by atomic mass is 16.5. The molecule has 0 aromatic heterocycles. The number of likely N-dealkylation sites (tertiary alicyclic amines) is 1. The van der Waals surface area contributed by atoms with Gasteiger partial charge in [-0.25, -0.2) is 0 Å². The maximum atomic E-state index is 12.3. The van der Waals surface area contributed by atoms with Crippen LogP contribution in [0.25, 0.3) is 0 Å². The van der Waals surface area contributed by atoms with Gasteiger partial charge in [-0.15, -0.1) is 0 Å². The lowest BCUT2D eigenvalue weighted by atomic mass is 10.1. The van der Waals surface area contributed by atoms with Crippen LogP contribution in [0.4, 0.5) is 0 Å². The zero-order chi connectivity index (χ0) is 15.4. The van der Waals surface area contributed by atoms with E-state index in [0.29, 0.717) is 6.42 Å². The lowest BCUT2D eigenvalue weighted by Gasteiger charge is -2.17. The van der Waals surface area contributed by atoms with Crippen molar-refractivity contribution in [2.45, 2.75) is 38.2 Å². The highest BCUT2D eigenvalue weighted by Gasteiger charge is 2.29. The van der Waals surface area contributed by atoms with E-state index in [-0.39, 0.29) is 12.0 Å². The third-order valence-corrected chi connectivity index (χ3v) is 4.55. The molecule has 22 heavy (non-hydrogen) atoms. The number of hydrogen-bond donors (Lipinski definition) is 0. The Labute approximate surface area is 132 Å². The minimum Gasteiger partial charge on any atom is -0.497 e. The molecule has 120 valence electrons. The molecule has 0 bridgehead atoms. The third kappa shape index (κ3) is 4.23. The molecule has 1 amide bonds. The molecule has 1 aromatic carbocycles. The molecule has 1 heterocycles. The summed E-state index contributed by atoms with van der Waals surface area (Å²) in [6, 6.07) is 7.93. The van der Waals surface area contributed by atoms with E-state index in [1.165, 1.54) is 18.4 Å². The lowest BCUT2D eigenvalue weighted by Crippen LogP contribution is -2.30. The quantitative estimate of drug-likeness (QED) is 0.777. The van der Waals surface area contributed by atoms with Crippen LogP contribution in [0.1, 0.15) is 31.2 Å². The largest absolute Gasteiger partial charge is 0.497 e. The Morgan fingerprint density at radius 3 is 2.68 bits per heavy atom. The SMILES string of the molecule is COc1ccc(CCC(=O)N2CCC(OCC3CC3)C2)cc1. The molecule has 1 aromatic rings. The van der Waals surface area contributed by atoms with Gasteiger partial charge in [-0.2, -0.15) is 0 Å². The van der Waals surface area contributed by atoms with Crippen molar-refractivity contribution in [1.82, 2.24) is 4.90 Å². The summed E-state index contributed by atoms with van der Waals surface area (Å²) in [4.78, 5) is 14.2. The maximum absolute atomic E-state index is 12.3. The Balaban J connectivity index is 1.39. The van der Waals surface area contributed by atoms with Crippen LogP contribution in [-0.2, 0) is 16.0 Å². The standard InChI is InChI=1S/C18H25NO3/c1-21-16-7-4-14(5-8-16)6-9-18(20)19-11-10-17(12-19)22-13-15-2-3-15/h4-5,7-8,15,17H,2-3,6,9-13H2,1H3. The number of ether oxygens (including phenoxy) is 2. The molecular weight excluding hydrogens is 278 g/mol. The fourth-order valence-corrected chi connectivity index (χ4v) is 2.85. The van der Waals surface area contributed by atoms with Crippen molar-refractivity contribution in [3.05, 3.63) is 29.8 Å². The minimum atomic E-state index is 0.244. The normalized spacial score (nSPS) is 21.1. The fraction of sp³-hybridized carbons (Fsp3) is 0.611. The summed E-state index contributed by atoms with van der Waals surface area (Å²) in [5.74, 6) is 1.89. The molecular formula is C18H25NO3. The number of hydrogen-bond acceptors (Lipinski definition) is 3. The smallest absolute Gasteiger partial charge is 0.222 e. The topological polar surface area (TPSA) is 38.8 Å². The number of carbonyl (C=O) groups excluding carboxylic acids is 1. The molecule has 1 unspecified atom stereocenters. The first-order valence-corrected chi connectivity index (χ1v) is 8.27. The monoisotopic (exact) mass is 303 g/mol. The van der Waals surface area contributed by atoms with Gasteiger partial charge in [0.2, 0.25) is 5.91 Å². The molecule has 1 aliphatic carbocycles. The molecule has 0 radical (unpaired) electrons. The number of rotatable bonds is 7. The van der Waals surface area contributed by atoms with Gasteiger partial charge in [-0.05, 0) is 49.3 Å². The molecule has 0 spiro atoms. The van der Waals surface area contributed by atoms with E-state index < -0.39 is 0 Å². The van der Waals surface area contributed by atoms with Crippen LogP contribution >= 0.6 is 0 Å². The van der Waals surface area contributed by atoms with Crippen molar-refractivity contribution in [2.75, 3.05) is 26.8 Å². The first-order valence-electron chi connectivity index (χ1n) is 8.27. The number of benzene rings is 1. The van der Waals surface area contributed by atoms with Crippen molar-refractivity contribution in [3.8, 4) is 5.75 Å². The van der Waals surface area contributed by atoms with Gasteiger partial charge in [0.15, 0.2) is 0 Å². The van der Waals surface area contributed by atoms with Crippen LogP contribution in [-0.4, -0.2) is 43.7 Å². The van der Waals surface area contributed by atoms with Gasteiger partial charge >= 0.3 is 0 Å². The molecule has 1 saturated carbocycles. The summed E-state index contributed by atoms with van der Waals surface area (Å²) >= 11 is 0. The van der Waals surface area contributed by atoms with Crippen molar-refractivity contribution in [2.24, 2.45) is 5.92 Å². The molecule has 1 saturated heterocycles. The average Bonchev–Trinajstić information content (AvgIpc) is 3.27. The number of carbonyl (C=O) groups is 1. The van der Waals surface area contributed by atoms with Crippen LogP contribution in [0.2, 0.25) is 0 Å². The molecule has 4 nitrogen and oxygen atoms in total. The van der Waals surface area contributed by atoms with E-state index in [1.54, 1.807) is 7.11 Å². The first-order chi connectivity index (χ1) is 10.7. The van der Waals surface area contributed by atoms with Crippen molar-refractivity contribution < 1.29 is 14.3 Å². The Kier molecular flexibility index (Phi) is 4.98. The predicted octanol–water partition coefficient (Wildman–Crippen LogP) is 2.66. The summed E-state index contributed by atoms with van der Waals surface area (Å²) in [5.41, 5.74) is 1.18. The van der Waals surface area contributed by atoms with E-state index in [4.69, 9.17) is 9.47 Å². The van der Waals surface area contributed by atoms with Gasteiger partial charge in [-0.1, -0.05) is 12.1 Å². The van der Waals surface area contributed by atoms with Crippen LogP contribution < -0.4 is 4.74 Å². The average molecular weight is 303 g/mol. The molecule has 2 fully saturated rings. The van der Waals surface area contributed by atoms with Crippen molar-refractivity contribution in [3.63, 3.8) is 0 Å². The van der Waals surface area contributed by atoms with E-state index in [1.807, 2.05) is 29.2 Å². The summed E-state index contributed by atoms with van der Waals surface area (Å²) in [7, 11) is 1.66. The second kappa shape index (κ2) is 7.14. The summed E-state index contributed by atoms with van der Waals surface area (Å²) in [6.07, 6.45) is 5.23. The van der Waals surface area contributed by atoms with Gasteiger partial charge in [0.25, 0.3) is 0 Å². The second-order valence-corrected chi connectivity index (χ2v) is 6.38. The molecule has 0 N–H and O–H groups in total. The van der Waals surface area contributed by atoms with Gasteiger partial charge in [-0.3, -0.25) is 4.79 Å². The second-order valence-electron chi connectivity index (χ2n) is 6.38. The Hall–Kier alpha value is -1.55. The highest BCUT2D eigenvalue weighted by Crippen LogP contribution is 2.30. The van der Waals surface area contributed by atoms with Gasteiger partial charge < -0.3 is 14.4 Å². The van der Waals surface area contributed by atoms with E-state index in [0.717, 1.165) is 44.2 Å². The highest BCUT2D eigenvalue weighted by molar-refractivity contribution is 5.76. The summed E-state index contributed by atoms with van der Waals surface area (Å²) in [6.45, 7) is 2.50. The molecule has 2 aliphatic rings. The molecule has 3 rings (SSSR count). The van der Waals surface area contributed by atoms with Gasteiger partial charge in [0, 0.05) is 26.1 Å². The van der Waals surface area contributed by atoms with Crippen molar-refractivity contribution >= 4 is 5.91 Å². The van der Waals surface area contributed by atoms with E-state index in [9.17, 15) is 4.79 Å². The predicted molar refractivity (Wildman–Crippen MR) is 85.0 cm³/mol. The Morgan fingerprint density at radius 2 is 2.00 bits per heavy atom. The first kappa shape index (κ1) is 15.3. The van der Waals surface area contributed by atoms with Crippen LogP contribution in [0.5, 0.6) is 5.75 Å². The Bertz CT molecular complexity index is 496. The van der Waals surface area contributed by atoms with Crippen LogP contribution in [0, 0.1) is 5.92 Å².